The molecule has 1 aliphatic carbocycles. The molecule has 4 rings (SSSR count). The molecule has 0 unspecified atom stereocenters. The molecule has 0 saturated heterocycles. The van der Waals surface area contributed by atoms with Crippen LogP contribution in [0.5, 0.6) is 11.5 Å². The van der Waals surface area contributed by atoms with Crippen LogP contribution in [0.4, 0.5) is 0 Å². The van der Waals surface area contributed by atoms with E-state index in [0.717, 1.165) is 35.4 Å². The highest BCUT2D eigenvalue weighted by Crippen LogP contribution is 2.43. The number of hydrogen-bond donors (Lipinski definition) is 2. The summed E-state index contributed by atoms with van der Waals surface area (Å²) in [6.07, 6.45) is 2.30. The van der Waals surface area contributed by atoms with E-state index in [9.17, 15) is 9.59 Å². The van der Waals surface area contributed by atoms with Crippen LogP contribution in [-0.4, -0.2) is 74.7 Å². The molecule has 1 fully saturated rings. The van der Waals surface area contributed by atoms with Gasteiger partial charge in [-0.05, 0) is 70.2 Å². The summed E-state index contributed by atoms with van der Waals surface area (Å²) >= 11 is 0. The predicted octanol–water partition coefficient (Wildman–Crippen LogP) is 3.10. The first-order valence-corrected chi connectivity index (χ1v) is 12.2. The zero-order valence-electron chi connectivity index (χ0n) is 21.6. The number of hydrogen-bond acceptors (Lipinski definition) is 6. The summed E-state index contributed by atoms with van der Waals surface area (Å²) in [6.45, 7) is 1.52. The summed E-state index contributed by atoms with van der Waals surface area (Å²) in [4.78, 5) is 32.1. The van der Waals surface area contributed by atoms with Crippen molar-refractivity contribution in [2.24, 2.45) is 5.92 Å². The molecule has 1 heterocycles. The van der Waals surface area contributed by atoms with E-state index in [2.05, 4.69) is 20.1 Å². The molecule has 1 aromatic heterocycles. The maximum absolute atomic E-state index is 12.9. The Bertz CT molecular complexity index is 1220. The highest BCUT2D eigenvalue weighted by molar-refractivity contribution is 5.98. The Morgan fingerprint density at radius 2 is 1.78 bits per heavy atom. The minimum Gasteiger partial charge on any atom is -0.497 e. The molecule has 0 bridgehead atoms. The molecule has 9 nitrogen and oxygen atoms in total. The van der Waals surface area contributed by atoms with Crippen LogP contribution in [0.3, 0.4) is 0 Å². The number of ether oxygens (including phenoxy) is 2. The van der Waals surface area contributed by atoms with Gasteiger partial charge in [-0.2, -0.15) is 0 Å². The number of fused-ring (bicyclic) bond motifs is 1. The van der Waals surface area contributed by atoms with E-state index < -0.39 is 0 Å². The zero-order valence-corrected chi connectivity index (χ0v) is 21.6. The van der Waals surface area contributed by atoms with Crippen LogP contribution in [0.15, 0.2) is 36.4 Å². The predicted molar refractivity (Wildman–Crippen MR) is 140 cm³/mol. The molecule has 192 valence electrons. The third kappa shape index (κ3) is 5.31. The van der Waals surface area contributed by atoms with Crippen molar-refractivity contribution < 1.29 is 19.1 Å². The second kappa shape index (κ2) is 11.0. The van der Waals surface area contributed by atoms with Crippen LogP contribution in [0.25, 0.3) is 22.4 Å². The zero-order chi connectivity index (χ0) is 25.8. The highest BCUT2D eigenvalue weighted by atomic mass is 16.5. The molecule has 3 aromatic rings. The van der Waals surface area contributed by atoms with Crippen molar-refractivity contribution in [1.82, 2.24) is 25.1 Å². The van der Waals surface area contributed by atoms with Crippen molar-refractivity contribution >= 4 is 22.8 Å². The first kappa shape index (κ1) is 25.5. The van der Waals surface area contributed by atoms with Crippen LogP contribution >= 0.6 is 0 Å². The third-order valence-electron chi connectivity index (χ3n) is 6.72. The van der Waals surface area contributed by atoms with Crippen LogP contribution in [-0.2, 0) is 4.79 Å². The van der Waals surface area contributed by atoms with Crippen molar-refractivity contribution in [3.8, 4) is 22.9 Å². The molecule has 1 saturated carbocycles. The minimum atomic E-state index is -0.107. The largest absolute Gasteiger partial charge is 0.497 e. The Kier molecular flexibility index (Phi) is 7.79. The average molecular weight is 494 g/mol. The van der Waals surface area contributed by atoms with Gasteiger partial charge in [0.15, 0.2) is 0 Å². The van der Waals surface area contributed by atoms with Gasteiger partial charge in [0, 0.05) is 42.7 Å². The average Bonchev–Trinajstić information content (AvgIpc) is 3.23. The summed E-state index contributed by atoms with van der Waals surface area (Å²) < 4.78 is 13.1. The molecule has 0 aliphatic heterocycles. The van der Waals surface area contributed by atoms with E-state index in [1.54, 1.807) is 21.3 Å². The molecule has 2 amide bonds. The molecular weight excluding hydrogens is 458 g/mol. The second-order valence-corrected chi connectivity index (χ2v) is 9.46. The molecular formula is C27H35N5O4. The number of benzene rings is 2. The third-order valence-corrected chi connectivity index (χ3v) is 6.72. The van der Waals surface area contributed by atoms with Gasteiger partial charge in [-0.25, -0.2) is 4.98 Å². The van der Waals surface area contributed by atoms with E-state index in [1.165, 1.54) is 0 Å². The number of carbonyl (C=O) groups excluding carboxylic acids is 2. The maximum Gasteiger partial charge on any atom is 0.251 e. The molecule has 2 aromatic carbocycles. The lowest BCUT2D eigenvalue weighted by Gasteiger charge is -2.36. The SMILES string of the molecule is CNC(=O)C1CC(n2c(-c3cc(OC)cc(OC)c3)nc3ccc(C(=O)NCCCN(C)C)cc32)C1. The van der Waals surface area contributed by atoms with Crippen LogP contribution in [0, 0.1) is 5.92 Å². The van der Waals surface area contributed by atoms with Crippen LogP contribution < -0.4 is 20.1 Å². The number of imidazole rings is 1. The lowest BCUT2D eigenvalue weighted by Crippen LogP contribution is -2.38. The molecule has 0 atom stereocenters. The topological polar surface area (TPSA) is 97.7 Å². The second-order valence-electron chi connectivity index (χ2n) is 9.46. The van der Waals surface area contributed by atoms with Crippen molar-refractivity contribution in [2.75, 3.05) is 48.5 Å². The van der Waals surface area contributed by atoms with Gasteiger partial charge >= 0.3 is 0 Å². The molecule has 0 radical (unpaired) electrons. The minimum absolute atomic E-state index is 0.0340. The first-order valence-electron chi connectivity index (χ1n) is 12.2. The number of methoxy groups -OCH3 is 2. The lowest BCUT2D eigenvalue weighted by molar-refractivity contribution is -0.128. The van der Waals surface area contributed by atoms with E-state index in [-0.39, 0.29) is 23.8 Å². The van der Waals surface area contributed by atoms with Crippen LogP contribution in [0.2, 0.25) is 0 Å². The maximum atomic E-state index is 12.9. The molecule has 36 heavy (non-hydrogen) atoms. The Balaban J connectivity index is 1.72. The number of amides is 2. The fourth-order valence-corrected chi connectivity index (χ4v) is 4.66. The van der Waals surface area contributed by atoms with Gasteiger partial charge in [-0.1, -0.05) is 0 Å². The number of aromatic nitrogens is 2. The fraction of sp³-hybridized carbons (Fsp3) is 0.444. The number of rotatable bonds is 10. The quantitative estimate of drug-likeness (QED) is 0.421. The van der Waals surface area contributed by atoms with Gasteiger partial charge in [0.2, 0.25) is 5.91 Å². The number of nitrogens with zero attached hydrogens (tertiary/aromatic N) is 3. The highest BCUT2D eigenvalue weighted by Gasteiger charge is 2.37. The van der Waals surface area contributed by atoms with E-state index in [0.29, 0.717) is 36.4 Å². The van der Waals surface area contributed by atoms with Crippen molar-refractivity contribution in [3.05, 3.63) is 42.0 Å². The Morgan fingerprint density at radius 3 is 2.39 bits per heavy atom. The van der Waals surface area contributed by atoms with E-state index in [4.69, 9.17) is 14.5 Å². The monoisotopic (exact) mass is 493 g/mol. The van der Waals surface area contributed by atoms with E-state index >= 15 is 0 Å². The van der Waals surface area contributed by atoms with Gasteiger partial charge in [-0.15, -0.1) is 0 Å². The Hall–Kier alpha value is -3.59. The summed E-state index contributed by atoms with van der Waals surface area (Å²) in [5.41, 5.74) is 3.10. The van der Waals surface area contributed by atoms with Gasteiger partial charge in [0.1, 0.15) is 17.3 Å². The number of nitrogens with one attached hydrogen (secondary N) is 2. The van der Waals surface area contributed by atoms with Crippen LogP contribution in [0.1, 0.15) is 35.7 Å². The number of carbonyl (C=O) groups is 2. The van der Waals surface area contributed by atoms with Crippen molar-refractivity contribution in [2.45, 2.75) is 25.3 Å². The van der Waals surface area contributed by atoms with Gasteiger partial charge < -0.3 is 29.6 Å². The smallest absolute Gasteiger partial charge is 0.251 e. The molecule has 1 aliphatic rings. The molecule has 2 N–H and O–H groups in total. The normalized spacial score (nSPS) is 17.1. The van der Waals surface area contributed by atoms with Gasteiger partial charge in [0.25, 0.3) is 5.91 Å². The van der Waals surface area contributed by atoms with Crippen molar-refractivity contribution in [1.29, 1.82) is 0 Å². The summed E-state index contributed by atoms with van der Waals surface area (Å²) in [5.74, 6) is 2.00. The summed E-state index contributed by atoms with van der Waals surface area (Å²) in [6, 6.07) is 11.4. The van der Waals surface area contributed by atoms with Gasteiger partial charge in [0.05, 0.1) is 25.3 Å². The summed E-state index contributed by atoms with van der Waals surface area (Å²) in [7, 11) is 8.93. The Labute approximate surface area is 211 Å². The fourth-order valence-electron chi connectivity index (χ4n) is 4.66. The lowest BCUT2D eigenvalue weighted by atomic mass is 9.79. The molecule has 0 spiro atoms. The summed E-state index contributed by atoms with van der Waals surface area (Å²) in [5, 5.41) is 5.76. The van der Waals surface area contributed by atoms with E-state index in [1.807, 2.05) is 50.5 Å². The molecule has 9 heteroatoms. The standard InChI is InChI=1S/C27H35N5O4/c1-28-26(33)19-11-20(12-19)32-24-15-17(27(34)29-9-6-10-31(2)3)7-8-23(24)30-25(32)18-13-21(35-4)16-22(14-18)36-5/h7-8,13-16,19-20H,6,9-12H2,1-5H3,(H,28,33)(H,29,34). The van der Waals surface area contributed by atoms with Gasteiger partial charge in [-0.3, -0.25) is 9.59 Å². The van der Waals surface area contributed by atoms with Crippen molar-refractivity contribution in [3.63, 3.8) is 0 Å². The Morgan fingerprint density at radius 1 is 1.08 bits per heavy atom. The first-order chi connectivity index (χ1) is 17.3.